The van der Waals surface area contributed by atoms with Crippen molar-refractivity contribution in [2.24, 2.45) is 0 Å². The van der Waals surface area contributed by atoms with E-state index in [2.05, 4.69) is 0 Å². The zero-order valence-electron chi connectivity index (χ0n) is 12.5. The summed E-state index contributed by atoms with van der Waals surface area (Å²) in [7, 11) is 0. The van der Waals surface area contributed by atoms with Gasteiger partial charge in [0.1, 0.15) is 0 Å². The topological polar surface area (TPSA) is 105 Å². The Bertz CT molecular complexity index is 419. The van der Waals surface area contributed by atoms with E-state index < -0.39 is 36.5 Å². The van der Waals surface area contributed by atoms with Crippen molar-refractivity contribution in [3.8, 4) is 0 Å². The van der Waals surface area contributed by atoms with Gasteiger partial charge in [-0.25, -0.2) is 0 Å². The van der Waals surface area contributed by atoms with Crippen LogP contribution in [0.4, 0.5) is 0 Å². The van der Waals surface area contributed by atoms with E-state index in [9.17, 15) is 19.2 Å². The van der Waals surface area contributed by atoms with Crippen molar-refractivity contribution in [1.29, 1.82) is 0 Å². The summed E-state index contributed by atoms with van der Waals surface area (Å²) in [5.41, 5.74) is 0.216. The largest absolute Gasteiger partial charge is 0.421 e. The Labute approximate surface area is 122 Å². The lowest BCUT2D eigenvalue weighted by Crippen LogP contribution is -2.26. The Kier molecular flexibility index (Phi) is 7.74. The summed E-state index contributed by atoms with van der Waals surface area (Å²) < 4.78 is 19.1. The lowest BCUT2D eigenvalue weighted by Gasteiger charge is -2.19. The number of hydrogen-bond acceptors (Lipinski definition) is 8. The first-order chi connectivity index (χ1) is 9.61. The van der Waals surface area contributed by atoms with Crippen LogP contribution in [0.5, 0.6) is 0 Å². The molecular weight excluding hydrogens is 284 g/mol. The fourth-order valence-electron chi connectivity index (χ4n) is 1.22. The molecule has 0 aromatic heterocycles. The van der Waals surface area contributed by atoms with E-state index in [0.29, 0.717) is 0 Å². The van der Waals surface area contributed by atoms with Gasteiger partial charge in [-0.2, -0.15) is 0 Å². The van der Waals surface area contributed by atoms with Crippen molar-refractivity contribution in [3.63, 3.8) is 0 Å². The second kappa shape index (κ2) is 8.72. The number of rotatable bonds is 6. The molecule has 0 bridgehead atoms. The van der Waals surface area contributed by atoms with Gasteiger partial charge in [-0.1, -0.05) is 0 Å². The second-order valence-electron chi connectivity index (χ2n) is 4.05. The van der Waals surface area contributed by atoms with Crippen molar-refractivity contribution >= 4 is 23.9 Å². The minimum Gasteiger partial charge on any atom is -0.421 e. The molecule has 0 radical (unpaired) electrons. The van der Waals surface area contributed by atoms with Crippen LogP contribution in [0.15, 0.2) is 11.6 Å². The summed E-state index contributed by atoms with van der Waals surface area (Å²) in [5.74, 6) is -2.71. The molecule has 0 aromatic carbocycles. The van der Waals surface area contributed by atoms with Crippen molar-refractivity contribution in [2.75, 3.05) is 0 Å². The average molecular weight is 302 g/mol. The predicted molar refractivity (Wildman–Crippen MR) is 68.4 cm³/mol. The fourth-order valence-corrected chi connectivity index (χ4v) is 1.22. The number of carbonyl (C=O) groups excluding carboxylic acids is 4. The maximum atomic E-state index is 11.0. The van der Waals surface area contributed by atoms with Crippen molar-refractivity contribution in [1.82, 2.24) is 0 Å². The molecule has 0 fully saturated rings. The van der Waals surface area contributed by atoms with E-state index in [1.165, 1.54) is 13.0 Å². The highest BCUT2D eigenvalue weighted by atomic mass is 16.7. The fraction of sp³-hybridized carbons (Fsp3) is 0.538. The molecule has 0 rings (SSSR count). The summed E-state index contributed by atoms with van der Waals surface area (Å²) in [6.45, 7) is 6.00. The number of carbonyl (C=O) groups is 4. The van der Waals surface area contributed by atoms with E-state index in [1.54, 1.807) is 0 Å². The van der Waals surface area contributed by atoms with Crippen LogP contribution in [0.25, 0.3) is 0 Å². The molecule has 0 heterocycles. The van der Waals surface area contributed by atoms with Gasteiger partial charge in [0.25, 0.3) is 12.6 Å². The molecule has 8 nitrogen and oxygen atoms in total. The maximum absolute atomic E-state index is 11.0. The zero-order chi connectivity index (χ0) is 16.6. The van der Waals surface area contributed by atoms with Crippen LogP contribution in [-0.4, -0.2) is 36.5 Å². The summed E-state index contributed by atoms with van der Waals surface area (Å²) in [4.78, 5) is 43.8. The first-order valence-electron chi connectivity index (χ1n) is 5.99. The molecule has 21 heavy (non-hydrogen) atoms. The van der Waals surface area contributed by atoms with Crippen LogP contribution >= 0.6 is 0 Å². The summed E-state index contributed by atoms with van der Waals surface area (Å²) in [6, 6.07) is 0. The molecule has 0 amide bonds. The lowest BCUT2D eigenvalue weighted by atomic mass is 10.2. The molecule has 0 aliphatic heterocycles. The highest BCUT2D eigenvalue weighted by molar-refractivity contribution is 5.69. The molecule has 118 valence electrons. The second-order valence-corrected chi connectivity index (χ2v) is 4.05. The molecule has 0 saturated carbocycles. The van der Waals surface area contributed by atoms with Crippen molar-refractivity contribution in [2.45, 2.75) is 47.2 Å². The highest BCUT2D eigenvalue weighted by Gasteiger charge is 2.21. The lowest BCUT2D eigenvalue weighted by molar-refractivity contribution is -0.182. The normalized spacial score (nSPS) is 11.1. The maximum Gasteiger partial charge on any atom is 0.305 e. The molecule has 0 saturated heterocycles. The third-order valence-corrected chi connectivity index (χ3v) is 1.88. The van der Waals surface area contributed by atoms with E-state index in [0.717, 1.165) is 27.7 Å². The van der Waals surface area contributed by atoms with Crippen LogP contribution < -0.4 is 0 Å². The van der Waals surface area contributed by atoms with E-state index >= 15 is 0 Å². The average Bonchev–Trinajstić information content (AvgIpc) is 2.24. The molecular formula is C13H18O8. The van der Waals surface area contributed by atoms with Crippen LogP contribution in [0.1, 0.15) is 34.6 Å². The summed E-state index contributed by atoms with van der Waals surface area (Å²) in [5, 5.41) is 0. The Morgan fingerprint density at radius 1 is 0.667 bits per heavy atom. The smallest absolute Gasteiger partial charge is 0.305 e. The van der Waals surface area contributed by atoms with Gasteiger partial charge in [-0.3, -0.25) is 19.2 Å². The van der Waals surface area contributed by atoms with Gasteiger partial charge in [0.2, 0.25) is 0 Å². The van der Waals surface area contributed by atoms with Crippen molar-refractivity contribution < 1.29 is 38.1 Å². The molecule has 8 heteroatoms. The number of hydrogen-bond donors (Lipinski definition) is 0. The SMILES string of the molecule is CC(=O)OC(C=C(C)C(OC(C)=O)OC(C)=O)OC(C)=O. The van der Waals surface area contributed by atoms with Crippen LogP contribution in [0.3, 0.4) is 0 Å². The van der Waals surface area contributed by atoms with Gasteiger partial charge in [0, 0.05) is 39.3 Å². The molecule has 0 spiro atoms. The van der Waals surface area contributed by atoms with E-state index in [1.807, 2.05) is 0 Å². The predicted octanol–water partition coefficient (Wildman–Crippen LogP) is 0.837. The molecule has 0 aliphatic carbocycles. The number of ether oxygens (including phenoxy) is 4. The van der Waals surface area contributed by atoms with Gasteiger partial charge in [-0.05, 0) is 6.92 Å². The summed E-state index contributed by atoms with van der Waals surface area (Å²) in [6.07, 6.45) is -1.42. The molecule has 0 N–H and O–H groups in total. The third kappa shape index (κ3) is 9.20. The molecule has 0 aliphatic rings. The van der Waals surface area contributed by atoms with Crippen LogP contribution in [0.2, 0.25) is 0 Å². The summed E-state index contributed by atoms with van der Waals surface area (Å²) >= 11 is 0. The van der Waals surface area contributed by atoms with Gasteiger partial charge >= 0.3 is 23.9 Å². The Balaban J connectivity index is 5.15. The minimum absolute atomic E-state index is 0.216. The van der Waals surface area contributed by atoms with Crippen LogP contribution in [0, 0.1) is 0 Å². The molecule has 0 unspecified atom stereocenters. The van der Waals surface area contributed by atoms with Crippen LogP contribution in [-0.2, 0) is 38.1 Å². The monoisotopic (exact) mass is 302 g/mol. The highest BCUT2D eigenvalue weighted by Crippen LogP contribution is 2.12. The quantitative estimate of drug-likeness (QED) is 0.403. The Hall–Kier alpha value is -2.38. The van der Waals surface area contributed by atoms with Gasteiger partial charge in [0.15, 0.2) is 0 Å². The standard InChI is InChI=1S/C13H18O8/c1-7(13(20-10(4)16)21-11(5)17)6-12(18-8(2)14)19-9(3)15/h6,12-13H,1-5H3. The van der Waals surface area contributed by atoms with E-state index in [-0.39, 0.29) is 5.57 Å². The van der Waals surface area contributed by atoms with Gasteiger partial charge < -0.3 is 18.9 Å². The number of esters is 4. The third-order valence-electron chi connectivity index (χ3n) is 1.88. The van der Waals surface area contributed by atoms with E-state index in [4.69, 9.17) is 18.9 Å². The van der Waals surface area contributed by atoms with Gasteiger partial charge in [0.05, 0.1) is 0 Å². The minimum atomic E-state index is -1.31. The zero-order valence-corrected chi connectivity index (χ0v) is 12.5. The van der Waals surface area contributed by atoms with Gasteiger partial charge in [-0.15, -0.1) is 0 Å². The molecule has 0 atom stereocenters. The van der Waals surface area contributed by atoms with Crippen molar-refractivity contribution in [3.05, 3.63) is 11.6 Å². The molecule has 0 aromatic rings. The first kappa shape index (κ1) is 18.6. The Morgan fingerprint density at radius 2 is 1.00 bits per heavy atom. The first-order valence-corrected chi connectivity index (χ1v) is 5.99. The Morgan fingerprint density at radius 3 is 1.29 bits per heavy atom.